The second kappa shape index (κ2) is 9.34. The van der Waals surface area contributed by atoms with E-state index in [1.807, 2.05) is 66.7 Å². The van der Waals surface area contributed by atoms with Crippen molar-refractivity contribution in [2.75, 3.05) is 0 Å². The highest BCUT2D eigenvalue weighted by molar-refractivity contribution is 8.18. The summed E-state index contributed by atoms with van der Waals surface area (Å²) in [7, 11) is 0. The summed E-state index contributed by atoms with van der Waals surface area (Å²) in [5.41, 5.74) is 4.02. The maximum Gasteiger partial charge on any atom is 0.267 e. The summed E-state index contributed by atoms with van der Waals surface area (Å²) in [6, 6.07) is 19.5. The number of carbonyl (C=O) groups is 1. The Balaban J connectivity index is 1.24. The number of benzene rings is 2. The van der Waals surface area contributed by atoms with Crippen molar-refractivity contribution in [2.24, 2.45) is 27.0 Å². The van der Waals surface area contributed by atoms with Gasteiger partial charge in [-0.05, 0) is 78.3 Å². The molecule has 2 saturated carbocycles. The maximum atomic E-state index is 13.7. The third-order valence-electron chi connectivity index (χ3n) is 9.38. The molecule has 0 spiro atoms. The van der Waals surface area contributed by atoms with Gasteiger partial charge in [0, 0.05) is 16.7 Å². The van der Waals surface area contributed by atoms with E-state index < -0.39 is 0 Å². The average molecular weight is 551 g/mol. The first kappa shape index (κ1) is 25.1. The van der Waals surface area contributed by atoms with Gasteiger partial charge in [-0.3, -0.25) is 9.69 Å². The molecule has 1 amide bonds. The van der Waals surface area contributed by atoms with Crippen molar-refractivity contribution in [3.05, 3.63) is 83.2 Å². The summed E-state index contributed by atoms with van der Waals surface area (Å²) >= 11 is 1.35. The van der Waals surface area contributed by atoms with Crippen LogP contribution in [0.15, 0.2) is 91.0 Å². The van der Waals surface area contributed by atoms with Gasteiger partial charge in [0.25, 0.3) is 5.91 Å². The van der Waals surface area contributed by atoms with E-state index in [9.17, 15) is 4.79 Å². The predicted molar refractivity (Wildman–Crippen MR) is 158 cm³/mol. The normalized spacial score (nSPS) is 26.8. The van der Waals surface area contributed by atoms with Gasteiger partial charge in [-0.2, -0.15) is 5.10 Å². The molecule has 7 nitrogen and oxygen atoms in total. The molecule has 3 heterocycles. The van der Waals surface area contributed by atoms with Crippen LogP contribution < -0.4 is 0 Å². The minimum atomic E-state index is -0.117. The fourth-order valence-electron chi connectivity index (χ4n) is 6.46. The van der Waals surface area contributed by atoms with Crippen LogP contribution in [0.1, 0.15) is 51.4 Å². The van der Waals surface area contributed by atoms with Crippen LogP contribution in [0.2, 0.25) is 0 Å². The molecular weight excluding hydrogens is 520 g/mol. The molecule has 2 aromatic carbocycles. The van der Waals surface area contributed by atoms with Gasteiger partial charge in [-0.1, -0.05) is 62.3 Å². The zero-order chi connectivity index (χ0) is 27.5. The minimum absolute atomic E-state index is 0.0457. The summed E-state index contributed by atoms with van der Waals surface area (Å²) in [6.45, 7) is 7.33. The number of hydrogen-bond acceptors (Lipinski definition) is 7. The van der Waals surface area contributed by atoms with E-state index in [1.54, 1.807) is 11.2 Å². The fourth-order valence-corrected chi connectivity index (χ4v) is 7.39. The maximum absolute atomic E-state index is 13.7. The standard InChI is InChI=1S/C32H30N4O3S/c1-31(2)22-13-14-32(31,3)27(18-22)33-34-30-36(19-23-10-7-15-38-23)29(37)26(40-30)17-20-11-12-25-24(16-20)28(39-35-25)21-8-5-4-6-9-21/h4-12,15-17,22H,13-14,18-19H2,1-3H3. The molecule has 40 heavy (non-hydrogen) atoms. The number of hydrogen-bond donors (Lipinski definition) is 0. The van der Waals surface area contributed by atoms with Gasteiger partial charge in [0.1, 0.15) is 11.3 Å². The molecule has 2 atom stereocenters. The number of carbonyl (C=O) groups excluding carboxylic acids is 1. The Hall–Kier alpha value is -3.91. The molecule has 7 rings (SSSR count). The van der Waals surface area contributed by atoms with Crippen LogP contribution >= 0.6 is 11.8 Å². The zero-order valence-corrected chi connectivity index (χ0v) is 23.6. The third kappa shape index (κ3) is 3.96. The fraction of sp³-hybridized carbons (Fsp3) is 0.312. The Morgan fingerprint density at radius 3 is 2.67 bits per heavy atom. The number of rotatable bonds is 5. The Morgan fingerprint density at radius 1 is 1.10 bits per heavy atom. The van der Waals surface area contributed by atoms with Gasteiger partial charge in [0.05, 0.1) is 23.1 Å². The second-order valence-electron chi connectivity index (χ2n) is 11.7. The lowest BCUT2D eigenvalue weighted by molar-refractivity contribution is -0.122. The molecule has 3 fully saturated rings. The molecule has 0 N–H and O–H groups in total. The number of amidine groups is 1. The average Bonchev–Trinajstić information content (AvgIpc) is 3.75. The van der Waals surface area contributed by atoms with Crippen molar-refractivity contribution in [3.63, 3.8) is 0 Å². The summed E-state index contributed by atoms with van der Waals surface area (Å²) in [4.78, 5) is 15.9. The van der Waals surface area contributed by atoms with Crippen LogP contribution in [-0.4, -0.2) is 26.8 Å². The van der Waals surface area contributed by atoms with Crippen LogP contribution in [0.25, 0.3) is 28.3 Å². The van der Waals surface area contributed by atoms with Crippen molar-refractivity contribution in [3.8, 4) is 11.3 Å². The Morgan fingerprint density at radius 2 is 1.95 bits per heavy atom. The van der Waals surface area contributed by atoms with Crippen LogP contribution in [0.3, 0.4) is 0 Å². The van der Waals surface area contributed by atoms with E-state index in [-0.39, 0.29) is 16.7 Å². The number of fused-ring (bicyclic) bond motifs is 3. The quantitative estimate of drug-likeness (QED) is 0.187. The molecule has 2 aromatic heterocycles. The number of amides is 1. The van der Waals surface area contributed by atoms with E-state index in [4.69, 9.17) is 19.1 Å². The van der Waals surface area contributed by atoms with Crippen molar-refractivity contribution in [1.29, 1.82) is 0 Å². The largest absolute Gasteiger partial charge is 0.467 e. The number of furan rings is 1. The Kier molecular flexibility index (Phi) is 5.85. The van der Waals surface area contributed by atoms with Gasteiger partial charge in [0.2, 0.25) is 0 Å². The lowest BCUT2D eigenvalue weighted by atomic mass is 9.70. The van der Waals surface area contributed by atoms with E-state index in [0.717, 1.165) is 40.6 Å². The van der Waals surface area contributed by atoms with Crippen LogP contribution in [0.5, 0.6) is 0 Å². The van der Waals surface area contributed by atoms with Crippen molar-refractivity contribution in [1.82, 2.24) is 10.1 Å². The first-order valence-electron chi connectivity index (χ1n) is 13.7. The molecule has 0 radical (unpaired) electrons. The predicted octanol–water partition coefficient (Wildman–Crippen LogP) is 7.76. The number of thioether (sulfide) groups is 1. The van der Waals surface area contributed by atoms with Crippen LogP contribution in [0.4, 0.5) is 0 Å². The molecule has 8 heteroatoms. The molecule has 2 aliphatic carbocycles. The summed E-state index contributed by atoms with van der Waals surface area (Å²) in [5.74, 6) is 1.92. The third-order valence-corrected chi connectivity index (χ3v) is 10.4. The topological polar surface area (TPSA) is 84.2 Å². The van der Waals surface area contributed by atoms with E-state index >= 15 is 0 Å². The van der Waals surface area contributed by atoms with Crippen molar-refractivity contribution in [2.45, 2.75) is 46.6 Å². The van der Waals surface area contributed by atoms with Gasteiger partial charge >= 0.3 is 0 Å². The zero-order valence-electron chi connectivity index (χ0n) is 22.8. The highest BCUT2D eigenvalue weighted by Crippen LogP contribution is 2.64. The first-order valence-corrected chi connectivity index (χ1v) is 14.5. The van der Waals surface area contributed by atoms with Crippen molar-refractivity contribution >= 4 is 45.5 Å². The lowest BCUT2D eigenvalue weighted by Gasteiger charge is -2.34. The molecular formula is C32H30N4O3S. The Labute approximate surface area is 237 Å². The smallest absolute Gasteiger partial charge is 0.267 e. The van der Waals surface area contributed by atoms with E-state index in [2.05, 4.69) is 25.9 Å². The highest BCUT2D eigenvalue weighted by atomic mass is 32.2. The van der Waals surface area contributed by atoms with Gasteiger partial charge in [-0.25, -0.2) is 0 Å². The summed E-state index contributed by atoms with van der Waals surface area (Å²) in [6.07, 6.45) is 6.88. The number of nitrogens with zero attached hydrogens (tertiary/aromatic N) is 4. The van der Waals surface area contributed by atoms with Crippen LogP contribution in [-0.2, 0) is 11.3 Å². The van der Waals surface area contributed by atoms with Gasteiger partial charge < -0.3 is 8.94 Å². The Bertz CT molecular complexity index is 1700. The van der Waals surface area contributed by atoms with Crippen molar-refractivity contribution < 1.29 is 13.7 Å². The van der Waals surface area contributed by atoms with Crippen LogP contribution in [0, 0.1) is 16.7 Å². The highest BCUT2D eigenvalue weighted by Gasteiger charge is 2.60. The molecule has 2 bridgehead atoms. The second-order valence-corrected chi connectivity index (χ2v) is 12.7. The van der Waals surface area contributed by atoms with Gasteiger partial charge in [-0.15, -0.1) is 5.10 Å². The molecule has 4 aromatic rings. The molecule has 1 saturated heterocycles. The van der Waals surface area contributed by atoms with E-state index in [0.29, 0.717) is 34.1 Å². The van der Waals surface area contributed by atoms with Gasteiger partial charge in [0.15, 0.2) is 10.9 Å². The summed E-state index contributed by atoms with van der Waals surface area (Å²) in [5, 5.41) is 15.2. The SMILES string of the molecule is CC12CCC(CC1=NN=C1SC(=Cc3ccc4noc(-c5ccccc5)c4c3)C(=O)N1Cc1ccco1)C2(C)C. The number of aromatic nitrogens is 1. The lowest BCUT2D eigenvalue weighted by Crippen LogP contribution is -2.32. The summed E-state index contributed by atoms with van der Waals surface area (Å²) < 4.78 is 11.2. The molecule has 202 valence electrons. The minimum Gasteiger partial charge on any atom is -0.467 e. The molecule has 1 aliphatic heterocycles. The molecule has 2 unspecified atom stereocenters. The van der Waals surface area contributed by atoms with E-state index in [1.165, 1.54) is 18.2 Å². The monoisotopic (exact) mass is 550 g/mol. The first-order chi connectivity index (χ1) is 19.3. The molecule has 3 aliphatic rings.